The van der Waals surface area contributed by atoms with Crippen molar-refractivity contribution in [3.05, 3.63) is 59.3 Å². The third-order valence-electron chi connectivity index (χ3n) is 2.69. The highest BCUT2D eigenvalue weighted by Crippen LogP contribution is 2.25. The maximum Gasteiger partial charge on any atom is -0.00915 e. The SMILES string of the molecule is CC1=CC=C(C2=CC=CCC2)CC=C1. The molecule has 0 atom stereocenters. The van der Waals surface area contributed by atoms with Gasteiger partial charge in [-0.2, -0.15) is 0 Å². The van der Waals surface area contributed by atoms with Crippen LogP contribution in [0.5, 0.6) is 0 Å². The van der Waals surface area contributed by atoms with E-state index in [1.807, 2.05) is 0 Å². The molecule has 0 unspecified atom stereocenters. The molecule has 0 aliphatic heterocycles. The van der Waals surface area contributed by atoms with E-state index in [-0.39, 0.29) is 0 Å². The first-order valence-corrected chi connectivity index (χ1v) is 5.26. The molecule has 0 saturated carbocycles. The van der Waals surface area contributed by atoms with Crippen molar-refractivity contribution in [1.29, 1.82) is 0 Å². The molecule has 0 N–H and O–H groups in total. The van der Waals surface area contributed by atoms with Crippen LogP contribution in [0.15, 0.2) is 59.3 Å². The molecule has 0 saturated heterocycles. The molecule has 0 fully saturated rings. The van der Waals surface area contributed by atoms with Gasteiger partial charge < -0.3 is 0 Å². The molecule has 0 radical (unpaired) electrons. The maximum absolute atomic E-state index is 2.26. The van der Waals surface area contributed by atoms with Crippen LogP contribution in [0.2, 0.25) is 0 Å². The highest BCUT2D eigenvalue weighted by Gasteiger charge is 2.05. The number of hydrogen-bond donors (Lipinski definition) is 0. The minimum absolute atomic E-state index is 1.08. The van der Waals surface area contributed by atoms with Gasteiger partial charge in [0.05, 0.1) is 0 Å². The normalized spacial score (nSPS) is 21.1. The van der Waals surface area contributed by atoms with Gasteiger partial charge in [-0.15, -0.1) is 0 Å². The average Bonchev–Trinajstić information content (AvgIpc) is 2.44. The summed E-state index contributed by atoms with van der Waals surface area (Å²) < 4.78 is 0. The fourth-order valence-corrected chi connectivity index (χ4v) is 1.84. The van der Waals surface area contributed by atoms with Crippen molar-refractivity contribution >= 4 is 0 Å². The van der Waals surface area contributed by atoms with E-state index in [0.29, 0.717) is 0 Å². The zero-order valence-electron chi connectivity index (χ0n) is 8.66. The Labute approximate surface area is 86.0 Å². The highest BCUT2D eigenvalue weighted by atomic mass is 14.1. The largest absolute Gasteiger partial charge is 0.0842 e. The van der Waals surface area contributed by atoms with Crippen molar-refractivity contribution < 1.29 is 0 Å². The van der Waals surface area contributed by atoms with Crippen molar-refractivity contribution in [2.45, 2.75) is 26.2 Å². The third kappa shape index (κ3) is 2.14. The van der Waals surface area contributed by atoms with Gasteiger partial charge in [0.2, 0.25) is 0 Å². The first-order chi connectivity index (χ1) is 6.86. The Hall–Kier alpha value is -1.30. The van der Waals surface area contributed by atoms with E-state index in [1.54, 1.807) is 0 Å². The Kier molecular flexibility index (Phi) is 2.83. The molecule has 0 spiro atoms. The average molecular weight is 184 g/mol. The first-order valence-electron chi connectivity index (χ1n) is 5.26. The van der Waals surface area contributed by atoms with E-state index in [0.717, 1.165) is 6.42 Å². The Morgan fingerprint density at radius 3 is 2.71 bits per heavy atom. The quantitative estimate of drug-likeness (QED) is 0.575. The lowest BCUT2D eigenvalue weighted by atomic mass is 9.95. The molecule has 72 valence electrons. The minimum Gasteiger partial charge on any atom is -0.0842 e. The molecule has 0 heterocycles. The van der Waals surface area contributed by atoms with E-state index in [2.05, 4.69) is 49.5 Å². The van der Waals surface area contributed by atoms with Crippen molar-refractivity contribution in [3.63, 3.8) is 0 Å². The smallest absolute Gasteiger partial charge is 0.00915 e. The van der Waals surface area contributed by atoms with Crippen molar-refractivity contribution in [3.8, 4) is 0 Å². The zero-order valence-corrected chi connectivity index (χ0v) is 8.66. The number of hydrogen-bond acceptors (Lipinski definition) is 0. The van der Waals surface area contributed by atoms with Crippen LogP contribution >= 0.6 is 0 Å². The molecule has 14 heavy (non-hydrogen) atoms. The Bertz CT molecular complexity index is 359. The van der Waals surface area contributed by atoms with Crippen LogP contribution in [0.4, 0.5) is 0 Å². The van der Waals surface area contributed by atoms with Gasteiger partial charge in [0.25, 0.3) is 0 Å². The standard InChI is InChI=1S/C14H16/c1-12-6-5-9-14(11-10-12)13-7-3-2-4-8-13/h2-3,5-7,10-11H,4,8-9H2,1H3. The molecule has 0 bridgehead atoms. The maximum atomic E-state index is 2.26. The van der Waals surface area contributed by atoms with Crippen molar-refractivity contribution in [1.82, 2.24) is 0 Å². The molecule has 0 aromatic rings. The molecular formula is C14H16. The van der Waals surface area contributed by atoms with Crippen LogP contribution in [-0.4, -0.2) is 0 Å². The Balaban J connectivity index is 2.22. The molecule has 0 heteroatoms. The second-order valence-electron chi connectivity index (χ2n) is 3.87. The minimum atomic E-state index is 1.08. The van der Waals surface area contributed by atoms with Crippen LogP contribution < -0.4 is 0 Å². The fourth-order valence-electron chi connectivity index (χ4n) is 1.84. The van der Waals surface area contributed by atoms with Gasteiger partial charge >= 0.3 is 0 Å². The summed E-state index contributed by atoms with van der Waals surface area (Å²) in [6, 6.07) is 0. The summed E-state index contributed by atoms with van der Waals surface area (Å²) in [6.07, 6.45) is 19.0. The van der Waals surface area contributed by atoms with Gasteiger partial charge in [0, 0.05) is 0 Å². The summed E-state index contributed by atoms with van der Waals surface area (Å²) in [5.41, 5.74) is 4.32. The summed E-state index contributed by atoms with van der Waals surface area (Å²) >= 11 is 0. The van der Waals surface area contributed by atoms with Crippen molar-refractivity contribution in [2.24, 2.45) is 0 Å². The lowest BCUT2D eigenvalue weighted by Gasteiger charge is -2.10. The van der Waals surface area contributed by atoms with Gasteiger partial charge in [-0.25, -0.2) is 0 Å². The Morgan fingerprint density at radius 2 is 1.93 bits per heavy atom. The summed E-state index contributed by atoms with van der Waals surface area (Å²) in [7, 11) is 0. The molecule has 2 aliphatic carbocycles. The van der Waals surface area contributed by atoms with Crippen LogP contribution in [-0.2, 0) is 0 Å². The summed E-state index contributed by atoms with van der Waals surface area (Å²) in [5.74, 6) is 0. The summed E-state index contributed by atoms with van der Waals surface area (Å²) in [6.45, 7) is 2.14. The number of allylic oxidation sites excluding steroid dienone is 10. The van der Waals surface area contributed by atoms with E-state index in [4.69, 9.17) is 0 Å². The fraction of sp³-hybridized carbons (Fsp3) is 0.286. The number of rotatable bonds is 1. The molecule has 0 aromatic carbocycles. The van der Waals surface area contributed by atoms with Gasteiger partial charge in [0.1, 0.15) is 0 Å². The van der Waals surface area contributed by atoms with Crippen molar-refractivity contribution in [2.75, 3.05) is 0 Å². The molecular weight excluding hydrogens is 168 g/mol. The highest BCUT2D eigenvalue weighted by molar-refractivity contribution is 5.42. The predicted molar refractivity (Wildman–Crippen MR) is 62.1 cm³/mol. The van der Waals surface area contributed by atoms with Gasteiger partial charge in [0.15, 0.2) is 0 Å². The van der Waals surface area contributed by atoms with Gasteiger partial charge in [-0.05, 0) is 37.3 Å². The summed E-state index contributed by atoms with van der Waals surface area (Å²) in [5, 5.41) is 0. The van der Waals surface area contributed by atoms with Gasteiger partial charge in [-0.3, -0.25) is 0 Å². The molecule has 0 nitrogen and oxygen atoms in total. The third-order valence-corrected chi connectivity index (χ3v) is 2.69. The van der Waals surface area contributed by atoms with Crippen LogP contribution in [0.3, 0.4) is 0 Å². The topological polar surface area (TPSA) is 0 Å². The van der Waals surface area contributed by atoms with Crippen LogP contribution in [0.1, 0.15) is 26.2 Å². The van der Waals surface area contributed by atoms with E-state index < -0.39 is 0 Å². The van der Waals surface area contributed by atoms with Crippen LogP contribution in [0, 0.1) is 0 Å². The molecule has 2 aliphatic rings. The lowest BCUT2D eigenvalue weighted by molar-refractivity contribution is 0.955. The van der Waals surface area contributed by atoms with E-state index in [9.17, 15) is 0 Å². The van der Waals surface area contributed by atoms with Gasteiger partial charge in [-0.1, -0.05) is 48.1 Å². The second kappa shape index (κ2) is 4.28. The van der Waals surface area contributed by atoms with E-state index >= 15 is 0 Å². The zero-order chi connectivity index (χ0) is 9.80. The first kappa shape index (κ1) is 9.26. The summed E-state index contributed by atoms with van der Waals surface area (Å²) in [4.78, 5) is 0. The Morgan fingerprint density at radius 1 is 1.00 bits per heavy atom. The molecule has 0 amide bonds. The van der Waals surface area contributed by atoms with Crippen LogP contribution in [0.25, 0.3) is 0 Å². The molecule has 2 rings (SSSR count). The van der Waals surface area contributed by atoms with E-state index in [1.165, 1.54) is 29.6 Å². The predicted octanol–water partition coefficient (Wildman–Crippen LogP) is 4.10. The lowest BCUT2D eigenvalue weighted by Crippen LogP contribution is -1.91. The second-order valence-corrected chi connectivity index (χ2v) is 3.87. The monoisotopic (exact) mass is 184 g/mol. The molecule has 0 aromatic heterocycles.